The molecule has 110 valence electrons. The number of rotatable bonds is 4. The van der Waals surface area contributed by atoms with E-state index in [2.05, 4.69) is 31.9 Å². The van der Waals surface area contributed by atoms with Crippen LogP contribution < -0.4 is 0 Å². The highest BCUT2D eigenvalue weighted by atomic mass is 79.9. The number of alkyl halides is 1. The van der Waals surface area contributed by atoms with Gasteiger partial charge in [-0.15, -0.1) is 0 Å². The van der Waals surface area contributed by atoms with E-state index in [-0.39, 0.29) is 12.5 Å². The van der Waals surface area contributed by atoms with Gasteiger partial charge < -0.3 is 4.84 Å². The highest BCUT2D eigenvalue weighted by Crippen LogP contribution is 2.25. The zero-order chi connectivity index (χ0) is 15.3. The van der Waals surface area contributed by atoms with Gasteiger partial charge in [0.15, 0.2) is 0 Å². The first-order valence-electron chi connectivity index (χ1n) is 6.08. The molecule has 0 atom stereocenters. The summed E-state index contributed by atoms with van der Waals surface area (Å²) in [7, 11) is 0. The van der Waals surface area contributed by atoms with Gasteiger partial charge in [-0.2, -0.15) is 5.06 Å². The van der Waals surface area contributed by atoms with Crippen molar-refractivity contribution in [2.24, 2.45) is 5.41 Å². The molecule has 0 aromatic heterocycles. The van der Waals surface area contributed by atoms with Crippen LogP contribution in [0.25, 0.3) is 0 Å². The Kier molecular flexibility index (Phi) is 6.20. The Morgan fingerprint density at radius 1 is 1.30 bits per heavy atom. The fourth-order valence-electron chi connectivity index (χ4n) is 1.48. The van der Waals surface area contributed by atoms with Crippen molar-refractivity contribution >= 4 is 43.7 Å². The van der Waals surface area contributed by atoms with Crippen LogP contribution in [-0.4, -0.2) is 22.3 Å². The van der Waals surface area contributed by atoms with Crippen LogP contribution in [-0.2, 0) is 21.0 Å². The second kappa shape index (κ2) is 7.22. The Balaban J connectivity index is 2.99. The molecule has 0 unspecified atom stereocenters. The van der Waals surface area contributed by atoms with Gasteiger partial charge in [-0.1, -0.05) is 63.9 Å². The van der Waals surface area contributed by atoms with Gasteiger partial charge in [0.2, 0.25) is 0 Å². The van der Waals surface area contributed by atoms with Crippen LogP contribution in [0.1, 0.15) is 26.3 Å². The average Bonchev–Trinajstić information content (AvgIpc) is 2.39. The molecule has 0 fully saturated rings. The third kappa shape index (κ3) is 4.59. The molecule has 0 heterocycles. The lowest BCUT2D eigenvalue weighted by Gasteiger charge is -2.29. The van der Waals surface area contributed by atoms with E-state index in [1.165, 1.54) is 6.92 Å². The topological polar surface area (TPSA) is 46.6 Å². The summed E-state index contributed by atoms with van der Waals surface area (Å²) in [6, 6.07) is 7.50. The minimum absolute atomic E-state index is 0.205. The van der Waals surface area contributed by atoms with Crippen molar-refractivity contribution in [3.63, 3.8) is 0 Å². The molecule has 1 amide bonds. The van der Waals surface area contributed by atoms with Crippen LogP contribution in [0, 0.1) is 5.41 Å². The lowest BCUT2D eigenvalue weighted by atomic mass is 9.95. The number of benzene rings is 1. The van der Waals surface area contributed by atoms with Crippen LogP contribution in [0.4, 0.5) is 0 Å². The maximum atomic E-state index is 12.5. The number of amides is 1. The zero-order valence-electron chi connectivity index (χ0n) is 11.7. The van der Waals surface area contributed by atoms with E-state index >= 15 is 0 Å². The minimum atomic E-state index is -0.656. The van der Waals surface area contributed by atoms with Gasteiger partial charge in [-0.3, -0.25) is 9.59 Å². The van der Waals surface area contributed by atoms with Gasteiger partial charge in [0.1, 0.15) is 0 Å². The first kappa shape index (κ1) is 17.2. The Morgan fingerprint density at radius 3 is 2.40 bits per heavy atom. The molecule has 4 nitrogen and oxygen atoms in total. The summed E-state index contributed by atoms with van der Waals surface area (Å²) < 4.78 is 0.863. The van der Waals surface area contributed by atoms with E-state index in [1.54, 1.807) is 13.8 Å². The molecular formula is C14H17Br2NO3. The van der Waals surface area contributed by atoms with Crippen molar-refractivity contribution in [2.45, 2.75) is 27.3 Å². The monoisotopic (exact) mass is 405 g/mol. The van der Waals surface area contributed by atoms with Gasteiger partial charge in [0.25, 0.3) is 5.91 Å². The quantitative estimate of drug-likeness (QED) is 0.566. The van der Waals surface area contributed by atoms with Crippen LogP contribution in [0.2, 0.25) is 0 Å². The molecule has 0 aliphatic carbocycles. The second-order valence-corrected chi connectivity index (χ2v) is 6.45. The third-order valence-corrected chi connectivity index (χ3v) is 4.83. The molecule has 1 aromatic rings. The van der Waals surface area contributed by atoms with Crippen LogP contribution in [0.3, 0.4) is 0 Å². The fourth-order valence-corrected chi connectivity index (χ4v) is 2.13. The molecule has 0 aliphatic rings. The van der Waals surface area contributed by atoms with E-state index in [0.717, 1.165) is 15.1 Å². The summed E-state index contributed by atoms with van der Waals surface area (Å²) in [5, 5.41) is 1.59. The molecule has 0 saturated carbocycles. The van der Waals surface area contributed by atoms with Gasteiger partial charge in [0.05, 0.1) is 12.0 Å². The lowest BCUT2D eigenvalue weighted by Crippen LogP contribution is -2.42. The summed E-state index contributed by atoms with van der Waals surface area (Å²) >= 11 is 6.73. The number of hydroxylamine groups is 2. The van der Waals surface area contributed by atoms with E-state index in [0.29, 0.717) is 5.33 Å². The van der Waals surface area contributed by atoms with Crippen molar-refractivity contribution in [2.75, 3.05) is 5.33 Å². The highest BCUT2D eigenvalue weighted by molar-refractivity contribution is 9.10. The van der Waals surface area contributed by atoms with Crippen LogP contribution in [0.5, 0.6) is 0 Å². The molecule has 1 aromatic carbocycles. The predicted molar refractivity (Wildman–Crippen MR) is 84.0 cm³/mol. The molecule has 20 heavy (non-hydrogen) atoms. The van der Waals surface area contributed by atoms with Crippen LogP contribution in [0.15, 0.2) is 28.7 Å². The number of carbonyl (C=O) groups is 2. The van der Waals surface area contributed by atoms with Crippen molar-refractivity contribution in [1.82, 2.24) is 5.06 Å². The SMILES string of the molecule is CC(=O)ON(Cc1ccccc1Br)C(=O)C(C)(C)CBr. The fraction of sp³-hybridized carbons (Fsp3) is 0.429. The number of hydrogen-bond acceptors (Lipinski definition) is 3. The normalized spacial score (nSPS) is 11.1. The Morgan fingerprint density at radius 2 is 1.90 bits per heavy atom. The molecule has 1 rings (SSSR count). The Bertz CT molecular complexity index is 503. The highest BCUT2D eigenvalue weighted by Gasteiger charge is 2.33. The lowest BCUT2D eigenvalue weighted by molar-refractivity contribution is -0.204. The first-order chi connectivity index (χ1) is 9.27. The third-order valence-electron chi connectivity index (χ3n) is 2.65. The van der Waals surface area contributed by atoms with Crippen molar-refractivity contribution < 1.29 is 14.4 Å². The molecule has 0 radical (unpaired) electrons. The smallest absolute Gasteiger partial charge is 0.329 e. The Labute approximate surface area is 135 Å². The van der Waals surface area contributed by atoms with E-state index in [9.17, 15) is 9.59 Å². The number of nitrogens with zero attached hydrogens (tertiary/aromatic N) is 1. The van der Waals surface area contributed by atoms with Gasteiger partial charge >= 0.3 is 5.97 Å². The Hall–Kier alpha value is -0.880. The van der Waals surface area contributed by atoms with Crippen molar-refractivity contribution in [3.8, 4) is 0 Å². The van der Waals surface area contributed by atoms with E-state index < -0.39 is 11.4 Å². The summed E-state index contributed by atoms with van der Waals surface area (Å²) in [5.41, 5.74) is 0.212. The minimum Gasteiger partial charge on any atom is -0.338 e. The standard InChI is InChI=1S/C14H17Br2NO3/c1-10(18)20-17(13(19)14(2,3)9-15)8-11-6-4-5-7-12(11)16/h4-7H,8-9H2,1-3H3. The van der Waals surface area contributed by atoms with Gasteiger partial charge in [0, 0.05) is 16.7 Å². The molecule has 0 saturated heterocycles. The summed E-state index contributed by atoms with van der Waals surface area (Å²) in [5.74, 6) is -0.767. The second-order valence-electron chi connectivity index (χ2n) is 5.03. The predicted octanol–water partition coefficient (Wildman–Crippen LogP) is 3.68. The molecule has 6 heteroatoms. The molecule has 0 N–H and O–H groups in total. The van der Waals surface area contributed by atoms with E-state index in [1.807, 2.05) is 24.3 Å². The summed E-state index contributed by atoms with van der Waals surface area (Å²) in [6.45, 7) is 5.07. The van der Waals surface area contributed by atoms with E-state index in [4.69, 9.17) is 4.84 Å². The number of carbonyl (C=O) groups excluding carboxylic acids is 2. The van der Waals surface area contributed by atoms with Crippen LogP contribution >= 0.6 is 31.9 Å². The van der Waals surface area contributed by atoms with Gasteiger partial charge in [-0.05, 0) is 11.6 Å². The average molecular weight is 407 g/mol. The molecule has 0 spiro atoms. The van der Waals surface area contributed by atoms with Crippen molar-refractivity contribution in [3.05, 3.63) is 34.3 Å². The maximum absolute atomic E-state index is 12.5. The number of halogens is 2. The molecular weight excluding hydrogens is 390 g/mol. The largest absolute Gasteiger partial charge is 0.338 e. The summed E-state index contributed by atoms with van der Waals surface area (Å²) in [4.78, 5) is 28.7. The zero-order valence-corrected chi connectivity index (χ0v) is 14.8. The van der Waals surface area contributed by atoms with Gasteiger partial charge in [-0.25, -0.2) is 0 Å². The molecule has 0 aliphatic heterocycles. The maximum Gasteiger partial charge on any atom is 0.329 e. The summed E-state index contributed by atoms with van der Waals surface area (Å²) in [6.07, 6.45) is 0. The molecule has 0 bridgehead atoms. The number of hydrogen-bond donors (Lipinski definition) is 0. The van der Waals surface area contributed by atoms with Crippen molar-refractivity contribution in [1.29, 1.82) is 0 Å². The first-order valence-corrected chi connectivity index (χ1v) is 7.99.